The summed E-state index contributed by atoms with van der Waals surface area (Å²) in [5.41, 5.74) is 7.51. The summed E-state index contributed by atoms with van der Waals surface area (Å²) in [5, 5.41) is 0. The number of hydrogen-bond donors (Lipinski definition) is 1. The molecule has 2 atom stereocenters. The van der Waals surface area contributed by atoms with E-state index in [1.54, 1.807) is 0 Å². The molecule has 2 N–H and O–H groups in total. The van der Waals surface area contributed by atoms with Crippen molar-refractivity contribution in [3.05, 3.63) is 65.2 Å². The van der Waals surface area contributed by atoms with E-state index in [0.29, 0.717) is 12.2 Å². The number of nitrogens with two attached hydrogens (primary N) is 1. The molecule has 0 fully saturated rings. The lowest BCUT2D eigenvalue weighted by atomic mass is 10.1. The van der Waals surface area contributed by atoms with Gasteiger partial charge in [0.1, 0.15) is 11.9 Å². The first-order valence-electron chi connectivity index (χ1n) is 6.62. The maximum Gasteiger partial charge on any atom is 0.416 e. The summed E-state index contributed by atoms with van der Waals surface area (Å²) in [7, 11) is 0. The van der Waals surface area contributed by atoms with E-state index in [1.165, 1.54) is 12.1 Å². The average molecular weight is 293 g/mol. The lowest BCUT2D eigenvalue weighted by molar-refractivity contribution is -0.137. The quantitative estimate of drug-likeness (QED) is 0.916. The minimum atomic E-state index is -4.34. The normalized spacial score (nSPS) is 21.1. The number of hydrogen-bond acceptors (Lipinski definition) is 2. The molecule has 1 aliphatic carbocycles. The molecule has 110 valence electrons. The fourth-order valence-electron chi connectivity index (χ4n) is 2.61. The van der Waals surface area contributed by atoms with Crippen molar-refractivity contribution in [2.45, 2.75) is 24.7 Å². The van der Waals surface area contributed by atoms with Crippen LogP contribution in [0.1, 0.15) is 22.8 Å². The van der Waals surface area contributed by atoms with Gasteiger partial charge < -0.3 is 10.5 Å². The Kier molecular flexibility index (Phi) is 3.37. The van der Waals surface area contributed by atoms with Gasteiger partial charge in [-0.25, -0.2) is 0 Å². The number of fused-ring (bicyclic) bond motifs is 1. The zero-order chi connectivity index (χ0) is 15.0. The molecular weight excluding hydrogens is 279 g/mol. The van der Waals surface area contributed by atoms with Crippen LogP contribution in [0.2, 0.25) is 0 Å². The molecule has 21 heavy (non-hydrogen) atoms. The third kappa shape index (κ3) is 2.74. The van der Waals surface area contributed by atoms with E-state index >= 15 is 0 Å². The van der Waals surface area contributed by atoms with Crippen molar-refractivity contribution in [1.82, 2.24) is 0 Å². The smallest absolute Gasteiger partial charge is 0.416 e. The zero-order valence-electron chi connectivity index (χ0n) is 11.1. The van der Waals surface area contributed by atoms with E-state index < -0.39 is 11.7 Å². The highest BCUT2D eigenvalue weighted by Gasteiger charge is 2.32. The molecular formula is C16H14F3NO. The molecule has 3 rings (SSSR count). The predicted molar refractivity (Wildman–Crippen MR) is 72.9 cm³/mol. The topological polar surface area (TPSA) is 35.2 Å². The molecule has 2 nitrogen and oxygen atoms in total. The number of benzene rings is 2. The van der Waals surface area contributed by atoms with Crippen molar-refractivity contribution in [3.63, 3.8) is 0 Å². The molecule has 0 saturated heterocycles. The molecule has 2 aromatic rings. The van der Waals surface area contributed by atoms with Gasteiger partial charge in [0.15, 0.2) is 0 Å². The summed E-state index contributed by atoms with van der Waals surface area (Å²) in [5.74, 6) is 0.389. The standard InChI is InChI=1S/C16H14F3NO/c17-16(18,19)11-5-7-12(8-6-11)21-15-13-4-2-1-3-10(13)9-14(15)20/h1-8,14-15H,9,20H2/t14-,15+/m0/s1. The molecule has 0 aromatic heterocycles. The monoisotopic (exact) mass is 293 g/mol. The van der Waals surface area contributed by atoms with Crippen molar-refractivity contribution in [1.29, 1.82) is 0 Å². The van der Waals surface area contributed by atoms with Gasteiger partial charge in [0.2, 0.25) is 0 Å². The Morgan fingerprint density at radius 2 is 1.67 bits per heavy atom. The van der Waals surface area contributed by atoms with Gasteiger partial charge in [-0.1, -0.05) is 24.3 Å². The van der Waals surface area contributed by atoms with Crippen molar-refractivity contribution in [2.24, 2.45) is 5.73 Å². The van der Waals surface area contributed by atoms with Gasteiger partial charge >= 0.3 is 6.18 Å². The summed E-state index contributed by atoms with van der Waals surface area (Å²) in [4.78, 5) is 0. The Morgan fingerprint density at radius 3 is 2.33 bits per heavy atom. The van der Waals surface area contributed by atoms with E-state index in [0.717, 1.165) is 23.3 Å². The van der Waals surface area contributed by atoms with E-state index in [-0.39, 0.29) is 12.1 Å². The van der Waals surface area contributed by atoms with Gasteiger partial charge in [0, 0.05) is 6.04 Å². The maximum absolute atomic E-state index is 12.5. The molecule has 0 bridgehead atoms. The Bertz CT molecular complexity index is 637. The minimum absolute atomic E-state index is 0.190. The van der Waals surface area contributed by atoms with Crippen molar-refractivity contribution >= 4 is 0 Å². The van der Waals surface area contributed by atoms with Crippen molar-refractivity contribution < 1.29 is 17.9 Å². The second-order valence-electron chi connectivity index (χ2n) is 5.13. The van der Waals surface area contributed by atoms with Crippen LogP contribution >= 0.6 is 0 Å². The molecule has 0 heterocycles. The van der Waals surface area contributed by atoms with Crippen LogP contribution < -0.4 is 10.5 Å². The zero-order valence-corrected chi connectivity index (χ0v) is 11.1. The van der Waals surface area contributed by atoms with Crippen LogP contribution in [-0.2, 0) is 12.6 Å². The summed E-state index contributed by atoms with van der Waals surface area (Å²) >= 11 is 0. The number of halogens is 3. The highest BCUT2D eigenvalue weighted by molar-refractivity contribution is 5.38. The van der Waals surface area contributed by atoms with Gasteiger partial charge in [-0.3, -0.25) is 0 Å². The molecule has 0 radical (unpaired) electrons. The Labute approximate surface area is 120 Å². The third-order valence-electron chi connectivity index (χ3n) is 3.65. The van der Waals surface area contributed by atoms with Crippen molar-refractivity contribution in [3.8, 4) is 5.75 Å². The minimum Gasteiger partial charge on any atom is -0.484 e. The summed E-state index contributed by atoms with van der Waals surface area (Å²) in [6.07, 6.45) is -3.95. The first kappa shape index (κ1) is 13.9. The maximum atomic E-state index is 12.5. The lowest BCUT2D eigenvalue weighted by Gasteiger charge is -2.19. The van der Waals surface area contributed by atoms with Crippen LogP contribution in [0.4, 0.5) is 13.2 Å². The number of ether oxygens (including phenoxy) is 1. The van der Waals surface area contributed by atoms with E-state index in [1.807, 2.05) is 24.3 Å². The van der Waals surface area contributed by atoms with E-state index in [2.05, 4.69) is 0 Å². The van der Waals surface area contributed by atoms with Gasteiger partial charge in [-0.15, -0.1) is 0 Å². The molecule has 1 aliphatic rings. The van der Waals surface area contributed by atoms with Gasteiger partial charge in [-0.2, -0.15) is 13.2 Å². The Morgan fingerprint density at radius 1 is 1.00 bits per heavy atom. The van der Waals surface area contributed by atoms with Crippen LogP contribution in [0.3, 0.4) is 0 Å². The van der Waals surface area contributed by atoms with E-state index in [4.69, 9.17) is 10.5 Å². The third-order valence-corrected chi connectivity index (χ3v) is 3.65. The Balaban J connectivity index is 1.81. The average Bonchev–Trinajstić information content (AvgIpc) is 2.75. The number of rotatable bonds is 2. The fraction of sp³-hybridized carbons (Fsp3) is 0.250. The fourth-order valence-corrected chi connectivity index (χ4v) is 2.61. The SMILES string of the molecule is N[C@H]1Cc2ccccc2[C@H]1Oc1ccc(C(F)(F)F)cc1. The largest absolute Gasteiger partial charge is 0.484 e. The molecule has 2 aromatic carbocycles. The van der Waals surface area contributed by atoms with Crippen LogP contribution in [0, 0.1) is 0 Å². The first-order chi connectivity index (χ1) is 9.95. The van der Waals surface area contributed by atoms with Crippen LogP contribution in [0.5, 0.6) is 5.75 Å². The highest BCUT2D eigenvalue weighted by atomic mass is 19.4. The first-order valence-corrected chi connectivity index (χ1v) is 6.62. The van der Waals surface area contributed by atoms with E-state index in [9.17, 15) is 13.2 Å². The summed E-state index contributed by atoms with van der Waals surface area (Å²) in [6, 6.07) is 12.3. The molecule has 0 unspecified atom stereocenters. The van der Waals surface area contributed by atoms with Crippen LogP contribution in [-0.4, -0.2) is 6.04 Å². The predicted octanol–water partition coefficient (Wildman–Crippen LogP) is 3.71. The Hall–Kier alpha value is -2.01. The summed E-state index contributed by atoms with van der Waals surface area (Å²) < 4.78 is 43.4. The van der Waals surface area contributed by atoms with Gasteiger partial charge in [-0.05, 0) is 41.8 Å². The number of alkyl halides is 3. The van der Waals surface area contributed by atoms with Crippen molar-refractivity contribution in [2.75, 3.05) is 0 Å². The summed E-state index contributed by atoms with van der Waals surface area (Å²) in [6.45, 7) is 0. The second-order valence-corrected chi connectivity index (χ2v) is 5.13. The van der Waals surface area contributed by atoms with Gasteiger partial charge in [0.25, 0.3) is 0 Å². The molecule has 0 amide bonds. The second kappa shape index (κ2) is 5.07. The van der Waals surface area contributed by atoms with Gasteiger partial charge in [0.05, 0.1) is 5.56 Å². The lowest BCUT2D eigenvalue weighted by Crippen LogP contribution is -2.28. The molecule has 5 heteroatoms. The molecule has 0 saturated carbocycles. The molecule has 0 spiro atoms. The molecule has 0 aliphatic heterocycles. The van der Waals surface area contributed by atoms with Crippen LogP contribution in [0.25, 0.3) is 0 Å². The highest BCUT2D eigenvalue weighted by Crippen LogP contribution is 2.35. The van der Waals surface area contributed by atoms with Crippen LogP contribution in [0.15, 0.2) is 48.5 Å².